The molecular weight excluding hydrogens is 304 g/mol. The van der Waals surface area contributed by atoms with Crippen molar-refractivity contribution in [2.75, 3.05) is 5.32 Å². The fourth-order valence-electron chi connectivity index (χ4n) is 1.94. The molecule has 2 heterocycles. The zero-order valence-electron chi connectivity index (χ0n) is 13.8. The summed E-state index contributed by atoms with van der Waals surface area (Å²) >= 11 is 1.61. The van der Waals surface area contributed by atoms with E-state index in [1.807, 2.05) is 31.6 Å². The average Bonchev–Trinajstić information content (AvgIpc) is 2.99. The van der Waals surface area contributed by atoms with Crippen molar-refractivity contribution < 1.29 is 0 Å². The molecule has 120 valence electrons. The minimum atomic E-state index is 0.826. The number of aliphatic imine (C=N–C) groups is 1. The number of rotatable bonds is 7. The van der Waals surface area contributed by atoms with E-state index in [1.54, 1.807) is 17.6 Å². The zero-order chi connectivity index (χ0) is 16.7. The quantitative estimate of drug-likeness (QED) is 0.708. The van der Waals surface area contributed by atoms with E-state index < -0.39 is 0 Å². The van der Waals surface area contributed by atoms with Gasteiger partial charge in [-0.2, -0.15) is 0 Å². The van der Waals surface area contributed by atoms with Crippen LogP contribution in [0.15, 0.2) is 47.9 Å². The van der Waals surface area contributed by atoms with Crippen LogP contribution in [0.4, 0.5) is 10.9 Å². The Bertz CT molecular complexity index is 728. The highest BCUT2D eigenvalue weighted by Crippen LogP contribution is 2.29. The molecule has 0 aliphatic heterocycles. The van der Waals surface area contributed by atoms with Crippen LogP contribution >= 0.6 is 11.3 Å². The van der Waals surface area contributed by atoms with Crippen molar-refractivity contribution in [3.05, 3.63) is 53.3 Å². The summed E-state index contributed by atoms with van der Waals surface area (Å²) < 4.78 is 0. The first-order chi connectivity index (χ1) is 11.1. The maximum absolute atomic E-state index is 4.44. The van der Waals surface area contributed by atoms with Crippen LogP contribution in [-0.4, -0.2) is 16.2 Å². The lowest BCUT2D eigenvalue weighted by Crippen LogP contribution is -1.93. The summed E-state index contributed by atoms with van der Waals surface area (Å²) in [7, 11) is 0. The molecule has 4 nitrogen and oxygen atoms in total. The van der Waals surface area contributed by atoms with Gasteiger partial charge in [0.2, 0.25) is 0 Å². The zero-order valence-corrected chi connectivity index (χ0v) is 14.7. The first-order valence-electron chi connectivity index (χ1n) is 7.68. The third kappa shape index (κ3) is 5.14. The van der Waals surface area contributed by atoms with Gasteiger partial charge in [0, 0.05) is 24.8 Å². The van der Waals surface area contributed by atoms with Gasteiger partial charge in [-0.25, -0.2) is 9.97 Å². The van der Waals surface area contributed by atoms with Crippen molar-refractivity contribution >= 4 is 34.1 Å². The molecule has 0 saturated carbocycles. The van der Waals surface area contributed by atoms with Crippen LogP contribution in [-0.2, 0) is 6.42 Å². The van der Waals surface area contributed by atoms with E-state index in [0.29, 0.717) is 0 Å². The van der Waals surface area contributed by atoms with Gasteiger partial charge in [-0.15, -0.1) is 0 Å². The smallest absolute Gasteiger partial charge is 0.188 e. The van der Waals surface area contributed by atoms with E-state index in [0.717, 1.165) is 39.8 Å². The van der Waals surface area contributed by atoms with Crippen molar-refractivity contribution in [1.82, 2.24) is 9.97 Å². The highest BCUT2D eigenvalue weighted by molar-refractivity contribution is 7.16. The number of nitrogens with zero attached hydrogens (tertiary/aromatic N) is 3. The molecule has 0 bridgehead atoms. The minimum Gasteiger partial charge on any atom is -0.316 e. The van der Waals surface area contributed by atoms with Gasteiger partial charge in [0.1, 0.15) is 5.82 Å². The van der Waals surface area contributed by atoms with E-state index in [2.05, 4.69) is 46.8 Å². The number of thiazole rings is 1. The highest BCUT2D eigenvalue weighted by Gasteiger charge is 2.07. The molecule has 0 spiro atoms. The molecule has 1 N–H and O–H groups in total. The van der Waals surface area contributed by atoms with E-state index in [9.17, 15) is 0 Å². The molecular formula is C18H22N4S. The summed E-state index contributed by atoms with van der Waals surface area (Å²) in [5, 5.41) is 4.11. The molecule has 5 heteroatoms. The molecule has 23 heavy (non-hydrogen) atoms. The third-order valence-corrected chi connectivity index (χ3v) is 4.18. The van der Waals surface area contributed by atoms with Crippen molar-refractivity contribution in [2.45, 2.75) is 33.6 Å². The monoisotopic (exact) mass is 326 g/mol. The Morgan fingerprint density at radius 3 is 2.91 bits per heavy atom. The molecule has 2 aromatic rings. The molecule has 0 aliphatic carbocycles. The number of nitrogens with one attached hydrogen (secondary N) is 1. The molecule has 0 amide bonds. The van der Waals surface area contributed by atoms with Gasteiger partial charge in [0.05, 0.1) is 4.88 Å². The van der Waals surface area contributed by atoms with Gasteiger partial charge in [0.15, 0.2) is 5.13 Å². The predicted octanol–water partition coefficient (Wildman–Crippen LogP) is 5.24. The Balaban J connectivity index is 2.14. The summed E-state index contributed by atoms with van der Waals surface area (Å²) in [5.74, 6) is 0.826. The topological polar surface area (TPSA) is 50.2 Å². The second kappa shape index (κ2) is 8.39. The van der Waals surface area contributed by atoms with E-state index in [-0.39, 0.29) is 0 Å². The summed E-state index contributed by atoms with van der Waals surface area (Å²) in [5.41, 5.74) is 3.34. The van der Waals surface area contributed by atoms with Crippen LogP contribution in [0, 0.1) is 0 Å². The van der Waals surface area contributed by atoms with Crippen LogP contribution < -0.4 is 5.32 Å². The van der Waals surface area contributed by atoms with Crippen LogP contribution in [0.5, 0.6) is 0 Å². The minimum absolute atomic E-state index is 0.826. The fourth-order valence-corrected chi connectivity index (χ4v) is 2.84. The van der Waals surface area contributed by atoms with E-state index >= 15 is 0 Å². The van der Waals surface area contributed by atoms with Crippen molar-refractivity contribution in [1.29, 1.82) is 0 Å². The average molecular weight is 326 g/mol. The highest BCUT2D eigenvalue weighted by atomic mass is 32.1. The number of allylic oxidation sites excluding steroid dienone is 2. The van der Waals surface area contributed by atoms with Gasteiger partial charge in [-0.05, 0) is 48.6 Å². The molecule has 0 saturated heterocycles. The van der Waals surface area contributed by atoms with Crippen LogP contribution in [0.1, 0.15) is 37.6 Å². The van der Waals surface area contributed by atoms with E-state index in [1.165, 1.54) is 5.56 Å². The van der Waals surface area contributed by atoms with Crippen LogP contribution in [0.3, 0.4) is 0 Å². The molecule has 0 atom stereocenters. The maximum atomic E-state index is 4.44. The van der Waals surface area contributed by atoms with Gasteiger partial charge in [-0.3, -0.25) is 4.99 Å². The number of aromatic nitrogens is 2. The van der Waals surface area contributed by atoms with Gasteiger partial charge in [0.25, 0.3) is 0 Å². The third-order valence-electron chi connectivity index (χ3n) is 3.20. The number of hydrogen-bond acceptors (Lipinski definition) is 5. The second-order valence-electron chi connectivity index (χ2n) is 5.19. The van der Waals surface area contributed by atoms with Gasteiger partial charge >= 0.3 is 0 Å². The van der Waals surface area contributed by atoms with Crippen LogP contribution in [0.2, 0.25) is 0 Å². The normalized spacial score (nSPS) is 11.9. The lowest BCUT2D eigenvalue weighted by molar-refractivity contribution is 1.12. The van der Waals surface area contributed by atoms with Gasteiger partial charge < -0.3 is 5.32 Å². The summed E-state index contributed by atoms with van der Waals surface area (Å²) in [6, 6.07) is 4.07. The number of aryl methyl sites for hydroxylation is 1. The van der Waals surface area contributed by atoms with Gasteiger partial charge in [-0.1, -0.05) is 31.8 Å². The number of anilines is 2. The Morgan fingerprint density at radius 1 is 1.39 bits per heavy atom. The molecule has 2 rings (SSSR count). The molecule has 2 aromatic heterocycles. The summed E-state index contributed by atoms with van der Waals surface area (Å²) in [4.78, 5) is 14.2. The largest absolute Gasteiger partial charge is 0.316 e. The van der Waals surface area contributed by atoms with Crippen molar-refractivity contribution in [3.8, 4) is 0 Å². The maximum Gasteiger partial charge on any atom is 0.188 e. The lowest BCUT2D eigenvalue weighted by Gasteiger charge is -2.03. The van der Waals surface area contributed by atoms with Crippen LogP contribution in [0.25, 0.3) is 5.57 Å². The van der Waals surface area contributed by atoms with Crippen molar-refractivity contribution in [2.24, 2.45) is 4.99 Å². The first-order valence-corrected chi connectivity index (χ1v) is 8.50. The summed E-state index contributed by atoms with van der Waals surface area (Å²) in [6.07, 6.45) is 9.22. The Kier molecular flexibility index (Phi) is 6.23. The number of pyridine rings is 1. The Morgan fingerprint density at radius 2 is 2.22 bits per heavy atom. The van der Waals surface area contributed by atoms with E-state index in [4.69, 9.17) is 0 Å². The molecule has 0 radical (unpaired) electrons. The Hall–Kier alpha value is -2.27. The van der Waals surface area contributed by atoms with Crippen molar-refractivity contribution in [3.63, 3.8) is 0 Å². The summed E-state index contributed by atoms with van der Waals surface area (Å²) in [6.45, 7) is 9.98. The molecule has 0 aromatic carbocycles. The molecule has 0 unspecified atom stereocenters. The standard InChI is InChI=1S/C18H22N4S/c1-5-14-7-8-20-17(9-14)22-18-21-12-16(23-18)15(6-2)11-19-10-13(3)4/h7-12H,3,5-6H2,1-2,4H3,(H,20,21,22)/b15-11+,19-10?. The molecule has 0 fully saturated rings. The second-order valence-corrected chi connectivity index (χ2v) is 6.22. The Labute approximate surface area is 141 Å². The molecule has 0 aliphatic rings. The number of hydrogen-bond donors (Lipinski definition) is 1. The lowest BCUT2D eigenvalue weighted by atomic mass is 10.2. The SMILES string of the molecule is C=C(C)C=N/C=C(\CC)c1cnc(Nc2cc(CC)ccn2)s1. The fraction of sp³-hybridized carbons (Fsp3) is 0.278. The predicted molar refractivity (Wildman–Crippen MR) is 101 cm³/mol. The first kappa shape index (κ1) is 17.1.